The molecule has 9 rings (SSSR count). The van der Waals surface area contributed by atoms with Crippen LogP contribution in [0.15, 0.2) is 24.3 Å². The van der Waals surface area contributed by atoms with Gasteiger partial charge in [0, 0.05) is 84.3 Å². The van der Waals surface area contributed by atoms with Crippen molar-refractivity contribution < 1.29 is 81.0 Å². The largest absolute Gasteiger partial charge is 0.467 e. The highest BCUT2D eigenvalue weighted by atomic mass is 16.8. The van der Waals surface area contributed by atoms with Crippen LogP contribution in [0.2, 0.25) is 0 Å². The maximum absolute atomic E-state index is 14.2. The summed E-state index contributed by atoms with van der Waals surface area (Å²) in [5.41, 5.74) is 0. The monoisotopic (exact) mass is 1070 g/mol. The molecule has 0 saturated carbocycles. The van der Waals surface area contributed by atoms with Gasteiger partial charge in [0.25, 0.3) is 0 Å². The normalized spacial score (nSPS) is 45.5. The summed E-state index contributed by atoms with van der Waals surface area (Å²) in [6, 6.07) is 0. The van der Waals surface area contributed by atoms with Crippen LogP contribution in [0, 0.1) is 17.8 Å². The number of esters is 2. The zero-order valence-electron chi connectivity index (χ0n) is 47.5. The minimum absolute atomic E-state index is 0.0209. The van der Waals surface area contributed by atoms with E-state index in [1.807, 2.05) is 45.9 Å². The van der Waals surface area contributed by atoms with Gasteiger partial charge in [-0.2, -0.15) is 0 Å². The zero-order chi connectivity index (χ0) is 54.0. The van der Waals surface area contributed by atoms with E-state index in [0.717, 1.165) is 70.6 Å². The summed E-state index contributed by atoms with van der Waals surface area (Å²) in [7, 11) is 4.79. The predicted molar refractivity (Wildman–Crippen MR) is 277 cm³/mol. The van der Waals surface area contributed by atoms with Crippen molar-refractivity contribution in [3.63, 3.8) is 0 Å². The molecule has 17 heteroatoms. The van der Waals surface area contributed by atoms with E-state index < -0.39 is 65.4 Å². The molecule has 9 aliphatic rings. The van der Waals surface area contributed by atoms with E-state index in [4.69, 9.17) is 61.6 Å². The Hall–Kier alpha value is -2.10. The van der Waals surface area contributed by atoms with Gasteiger partial charge in [-0.3, -0.25) is 4.79 Å². The van der Waals surface area contributed by atoms with Crippen LogP contribution in [0.3, 0.4) is 0 Å². The maximum atomic E-state index is 14.2. The van der Waals surface area contributed by atoms with Crippen molar-refractivity contribution in [3.05, 3.63) is 24.3 Å². The molecule has 9 aliphatic heterocycles. The van der Waals surface area contributed by atoms with Gasteiger partial charge in [0.15, 0.2) is 35.0 Å². The predicted octanol–water partition coefficient (Wildman–Crippen LogP) is 9.21. The zero-order valence-corrected chi connectivity index (χ0v) is 47.5. The number of ether oxygens (including phenoxy) is 14. The summed E-state index contributed by atoms with van der Waals surface area (Å²) < 4.78 is 93.5. The fraction of sp³-hybridized carbons (Fsp3) is 0.898. The number of methoxy groups -OCH3 is 3. The lowest BCUT2D eigenvalue weighted by Crippen LogP contribution is -2.59. The Kier molecular flexibility index (Phi) is 18.9. The number of rotatable bonds is 9. The minimum atomic E-state index is -1.21. The van der Waals surface area contributed by atoms with Crippen LogP contribution in [0.1, 0.15) is 183 Å². The number of fused-ring (bicyclic) bond motifs is 10. The molecule has 432 valence electrons. The molecule has 0 aromatic heterocycles. The molecular weight excluding hydrogens is 981 g/mol. The fourth-order valence-corrected chi connectivity index (χ4v) is 14.2. The second-order valence-corrected chi connectivity index (χ2v) is 25.1. The van der Waals surface area contributed by atoms with Crippen LogP contribution in [0.5, 0.6) is 0 Å². The first-order valence-electron chi connectivity index (χ1n) is 29.3. The highest BCUT2D eigenvalue weighted by Crippen LogP contribution is 2.53. The molecule has 1 unspecified atom stereocenters. The number of allylic oxidation sites excluding steroid dienone is 2. The Morgan fingerprint density at radius 1 is 0.645 bits per heavy atom. The first kappa shape index (κ1) is 58.6. The number of hydrogen-bond acceptors (Lipinski definition) is 17. The first-order valence-corrected chi connectivity index (χ1v) is 29.3. The summed E-state index contributed by atoms with van der Waals surface area (Å²) in [4.78, 5) is 25.9. The van der Waals surface area contributed by atoms with Gasteiger partial charge in [-0.15, -0.1) is 0 Å². The lowest BCUT2D eigenvalue weighted by atomic mass is 9.81. The maximum Gasteiger partial charge on any atom is 0.335 e. The van der Waals surface area contributed by atoms with Crippen LogP contribution in [-0.2, 0) is 75.9 Å². The van der Waals surface area contributed by atoms with Gasteiger partial charge < -0.3 is 71.4 Å². The lowest BCUT2D eigenvalue weighted by Gasteiger charge is -2.53. The Labute approximate surface area is 452 Å². The number of carbonyl (C=O) groups is 2. The SMILES string of the molecule is COC(=O)C(O)C/C=C/C/C=C/C[C@@H]1O[C@@]23C[C@@H]1OC(=O)C[C@H]1CCC[C@@H](C[C@@H]4C[C@@H](C[C@H]5O[C@@]6(CC[C@H](OC)[C@H](O6)[C@H]6OC(C)(C)O[C@H]6[C@@H](C)CC[C@@H]6C[C@H](OC)C[C@](CC[C@@H]2C)(O6)O3)CC[C@@H]5C)OC(C)(C)O4)O1. The minimum Gasteiger partial charge on any atom is -0.467 e. The van der Waals surface area contributed by atoms with E-state index in [9.17, 15) is 14.7 Å². The van der Waals surface area contributed by atoms with Crippen LogP contribution in [-0.4, -0.2) is 153 Å². The molecule has 0 aromatic carbocycles. The third-order valence-corrected chi connectivity index (χ3v) is 18.3. The fourth-order valence-electron chi connectivity index (χ4n) is 14.2. The Bertz CT molecular complexity index is 2000. The average molecular weight is 1080 g/mol. The summed E-state index contributed by atoms with van der Waals surface area (Å²) in [6.07, 6.45) is 17.1. The smallest absolute Gasteiger partial charge is 0.335 e. The number of aliphatic hydroxyl groups is 1. The van der Waals surface area contributed by atoms with E-state index in [1.165, 1.54) is 7.11 Å². The van der Waals surface area contributed by atoms with Crippen molar-refractivity contribution in [1.29, 1.82) is 0 Å². The summed E-state index contributed by atoms with van der Waals surface area (Å²) in [5, 5.41) is 10.0. The second kappa shape index (κ2) is 24.5. The summed E-state index contributed by atoms with van der Waals surface area (Å²) in [6.45, 7) is 14.7. The van der Waals surface area contributed by atoms with E-state index in [2.05, 4.69) is 25.5 Å². The topological polar surface area (TPSA) is 184 Å². The highest BCUT2D eigenvalue weighted by Gasteiger charge is 2.61. The first-order chi connectivity index (χ1) is 36.2. The third kappa shape index (κ3) is 14.0. The molecule has 9 heterocycles. The molecule has 0 amide bonds. The number of aliphatic hydroxyl groups excluding tert-OH is 1. The Morgan fingerprint density at radius 2 is 1.36 bits per heavy atom. The molecule has 11 bridgehead atoms. The van der Waals surface area contributed by atoms with Gasteiger partial charge in [0.2, 0.25) is 0 Å². The lowest BCUT2D eigenvalue weighted by molar-refractivity contribution is -0.414. The summed E-state index contributed by atoms with van der Waals surface area (Å²) >= 11 is 0. The summed E-state index contributed by atoms with van der Waals surface area (Å²) in [5.74, 6) is -5.11. The molecule has 1 N–H and O–H groups in total. The number of carbonyl (C=O) groups excluding carboxylic acids is 2. The van der Waals surface area contributed by atoms with E-state index in [0.29, 0.717) is 57.3 Å². The molecule has 9 saturated heterocycles. The Morgan fingerprint density at radius 3 is 2.13 bits per heavy atom. The van der Waals surface area contributed by atoms with Crippen molar-refractivity contribution in [1.82, 2.24) is 0 Å². The van der Waals surface area contributed by atoms with Gasteiger partial charge in [0.05, 0.1) is 68.5 Å². The van der Waals surface area contributed by atoms with Crippen molar-refractivity contribution in [3.8, 4) is 0 Å². The third-order valence-electron chi connectivity index (χ3n) is 18.3. The molecule has 3 spiro atoms. The van der Waals surface area contributed by atoms with Gasteiger partial charge in [0.1, 0.15) is 24.4 Å². The molecular formula is C59H94O17. The van der Waals surface area contributed by atoms with Crippen LogP contribution >= 0.6 is 0 Å². The second-order valence-electron chi connectivity index (χ2n) is 25.1. The van der Waals surface area contributed by atoms with Crippen LogP contribution in [0.25, 0.3) is 0 Å². The Balaban J connectivity index is 0.981. The van der Waals surface area contributed by atoms with Gasteiger partial charge in [-0.1, -0.05) is 45.1 Å². The van der Waals surface area contributed by atoms with Crippen LogP contribution in [0.4, 0.5) is 0 Å². The molecule has 20 atom stereocenters. The standard InChI is InChI=1S/C59H94O17/c1-36-23-26-57-28-25-47(64-9)52(75-57)53-51(73-56(6,7)74-53)37(2)21-22-41-30-44(63-8)34-58(70-41)27-24-38(3)59(76-58)35-49(46(72-59)20-15-13-11-12-14-19-45(60)54(62)65-10)67-50(61)33-40-18-16-17-39(66-40)29-42-31-43(32-48(36)71-57)69-55(4,5)68-42/h12-15,36-49,51-53,60H,11,16-35H2,1-10H3/b14-12+,15-13+/t36-,37-,38-,39-,40+,41+,42+,43-,44-,45?,46-,47-,48+,49-,51-,52-,53-,57-,58+,59+/m0/s1. The molecule has 0 radical (unpaired) electrons. The number of hydrogen-bond donors (Lipinski definition) is 1. The molecule has 0 aliphatic carbocycles. The van der Waals surface area contributed by atoms with E-state index in [-0.39, 0.29) is 85.6 Å². The quantitative estimate of drug-likeness (QED) is 0.170. The molecule has 0 aromatic rings. The van der Waals surface area contributed by atoms with Crippen molar-refractivity contribution in [2.75, 3.05) is 21.3 Å². The highest BCUT2D eigenvalue weighted by molar-refractivity contribution is 5.74. The van der Waals surface area contributed by atoms with E-state index in [1.54, 1.807) is 20.3 Å². The van der Waals surface area contributed by atoms with Crippen molar-refractivity contribution in [2.45, 2.75) is 298 Å². The van der Waals surface area contributed by atoms with Crippen molar-refractivity contribution >= 4 is 11.9 Å². The average Bonchev–Trinajstić information content (AvgIpc) is 3.93. The van der Waals surface area contributed by atoms with Crippen LogP contribution < -0.4 is 0 Å². The molecule has 76 heavy (non-hydrogen) atoms. The molecule has 9 fully saturated rings. The van der Waals surface area contributed by atoms with Gasteiger partial charge >= 0.3 is 11.9 Å². The van der Waals surface area contributed by atoms with Gasteiger partial charge in [-0.25, -0.2) is 4.79 Å². The molecule has 17 nitrogen and oxygen atoms in total. The van der Waals surface area contributed by atoms with Crippen molar-refractivity contribution in [2.24, 2.45) is 17.8 Å². The van der Waals surface area contributed by atoms with Gasteiger partial charge in [-0.05, 0) is 104 Å². The van der Waals surface area contributed by atoms with E-state index >= 15 is 0 Å².